The molecule has 0 aromatic heterocycles. The number of nitrogens with zero attached hydrogens (tertiary/aromatic N) is 2. The molecule has 2 nitrogen and oxygen atoms in total. The first-order valence-corrected chi connectivity index (χ1v) is 9.64. The van der Waals surface area contributed by atoms with Gasteiger partial charge in [0.15, 0.2) is 0 Å². The molecule has 142 valence electrons. The van der Waals surface area contributed by atoms with Gasteiger partial charge >= 0.3 is 0 Å². The Morgan fingerprint density at radius 3 is 2.18 bits per heavy atom. The maximum Gasteiger partial charge on any atom is 0.0452 e. The largest absolute Gasteiger partial charge is 0.345 e. The van der Waals surface area contributed by atoms with Crippen molar-refractivity contribution in [3.63, 3.8) is 0 Å². The van der Waals surface area contributed by atoms with Gasteiger partial charge in [0, 0.05) is 42.3 Å². The van der Waals surface area contributed by atoms with Crippen molar-refractivity contribution in [3.05, 3.63) is 110 Å². The zero-order valence-electron chi connectivity index (χ0n) is 16.8. The van der Waals surface area contributed by atoms with Gasteiger partial charge in [-0.05, 0) is 42.0 Å². The zero-order valence-corrected chi connectivity index (χ0v) is 16.8. The normalized spacial score (nSPS) is 11.5. The zero-order chi connectivity index (χ0) is 19.9. The summed E-state index contributed by atoms with van der Waals surface area (Å²) in [7, 11) is 2.10. The third-order valence-corrected chi connectivity index (χ3v) is 5.06. The number of para-hydroxylation sites is 2. The van der Waals surface area contributed by atoms with Crippen molar-refractivity contribution in [3.8, 4) is 0 Å². The Hall–Kier alpha value is -3.26. The number of hydrogen-bond acceptors (Lipinski definition) is 2. The van der Waals surface area contributed by atoms with Crippen molar-refractivity contribution in [2.24, 2.45) is 0 Å². The molecule has 0 saturated heterocycles. The van der Waals surface area contributed by atoms with Gasteiger partial charge in [-0.15, -0.1) is 13.2 Å². The highest BCUT2D eigenvalue weighted by Crippen LogP contribution is 2.35. The first kappa shape index (κ1) is 19.5. The SMILES string of the molecule is C=CCN(c1cccc(N(C)c2ccccc2)c1)c1ccccc1C(C)C=C. The second-order valence-electron chi connectivity index (χ2n) is 6.90. The van der Waals surface area contributed by atoms with E-state index >= 15 is 0 Å². The minimum atomic E-state index is 0.277. The summed E-state index contributed by atoms with van der Waals surface area (Å²) in [4.78, 5) is 4.51. The summed E-state index contributed by atoms with van der Waals surface area (Å²) in [5.74, 6) is 0.277. The van der Waals surface area contributed by atoms with Gasteiger partial charge in [-0.3, -0.25) is 0 Å². The maximum atomic E-state index is 3.98. The fraction of sp³-hybridized carbons (Fsp3) is 0.154. The number of hydrogen-bond donors (Lipinski definition) is 0. The highest BCUT2D eigenvalue weighted by Gasteiger charge is 2.16. The topological polar surface area (TPSA) is 6.48 Å². The van der Waals surface area contributed by atoms with Crippen molar-refractivity contribution >= 4 is 22.7 Å². The Labute approximate surface area is 169 Å². The molecule has 0 bridgehead atoms. The molecule has 28 heavy (non-hydrogen) atoms. The second-order valence-corrected chi connectivity index (χ2v) is 6.90. The van der Waals surface area contributed by atoms with Crippen LogP contribution in [0.4, 0.5) is 22.7 Å². The molecule has 1 atom stereocenters. The van der Waals surface area contributed by atoms with E-state index in [-0.39, 0.29) is 5.92 Å². The highest BCUT2D eigenvalue weighted by atomic mass is 15.1. The minimum absolute atomic E-state index is 0.277. The lowest BCUT2D eigenvalue weighted by atomic mass is 9.98. The lowest BCUT2D eigenvalue weighted by Crippen LogP contribution is -2.19. The van der Waals surface area contributed by atoms with Crippen LogP contribution in [0.15, 0.2) is 104 Å². The molecule has 0 fully saturated rings. The monoisotopic (exact) mass is 368 g/mol. The molecule has 3 aromatic carbocycles. The van der Waals surface area contributed by atoms with Crippen LogP contribution >= 0.6 is 0 Å². The van der Waals surface area contributed by atoms with E-state index in [1.807, 2.05) is 18.2 Å². The van der Waals surface area contributed by atoms with Crippen LogP contribution in [0.1, 0.15) is 18.4 Å². The predicted octanol–water partition coefficient (Wildman–Crippen LogP) is 7.07. The summed E-state index contributed by atoms with van der Waals surface area (Å²) < 4.78 is 0. The van der Waals surface area contributed by atoms with Crippen LogP contribution in [-0.4, -0.2) is 13.6 Å². The van der Waals surface area contributed by atoms with Crippen LogP contribution < -0.4 is 9.80 Å². The standard InChI is InChI=1S/C26H28N2/c1-5-19-28(26-18-11-10-17-25(26)21(3)6-2)24-16-12-15-23(20-24)27(4)22-13-8-7-9-14-22/h5-18,20-21H,1-2,19H2,3-4H3. The molecular formula is C26H28N2. The summed E-state index contributed by atoms with van der Waals surface area (Å²) in [6, 6.07) is 27.6. The molecule has 0 spiro atoms. The molecule has 0 heterocycles. The van der Waals surface area contributed by atoms with Gasteiger partial charge in [-0.2, -0.15) is 0 Å². The highest BCUT2D eigenvalue weighted by molar-refractivity contribution is 5.73. The average molecular weight is 369 g/mol. The Morgan fingerprint density at radius 1 is 0.821 bits per heavy atom. The Kier molecular flexibility index (Phi) is 6.33. The van der Waals surface area contributed by atoms with E-state index in [2.05, 4.69) is 110 Å². The summed E-state index contributed by atoms with van der Waals surface area (Å²) in [5, 5.41) is 0. The number of anilines is 4. The molecule has 3 rings (SSSR count). The maximum absolute atomic E-state index is 3.98. The molecule has 0 aliphatic rings. The quantitative estimate of drug-likeness (QED) is 0.392. The van der Waals surface area contributed by atoms with Gasteiger partial charge in [0.05, 0.1) is 0 Å². The van der Waals surface area contributed by atoms with Gasteiger partial charge < -0.3 is 9.80 Å². The van der Waals surface area contributed by atoms with Crippen molar-refractivity contribution < 1.29 is 0 Å². The van der Waals surface area contributed by atoms with Gasteiger partial charge in [0.25, 0.3) is 0 Å². The predicted molar refractivity (Wildman–Crippen MR) is 123 cm³/mol. The van der Waals surface area contributed by atoms with Gasteiger partial charge in [-0.1, -0.05) is 61.5 Å². The lowest BCUT2D eigenvalue weighted by Gasteiger charge is -2.29. The third kappa shape index (κ3) is 4.17. The van der Waals surface area contributed by atoms with E-state index in [4.69, 9.17) is 0 Å². The first-order valence-electron chi connectivity index (χ1n) is 9.64. The molecule has 0 radical (unpaired) electrons. The molecule has 0 aliphatic heterocycles. The van der Waals surface area contributed by atoms with E-state index in [1.54, 1.807) is 0 Å². The van der Waals surface area contributed by atoms with Gasteiger partial charge in [-0.25, -0.2) is 0 Å². The third-order valence-electron chi connectivity index (χ3n) is 5.06. The van der Waals surface area contributed by atoms with Crippen LogP contribution in [0.3, 0.4) is 0 Å². The summed E-state index contributed by atoms with van der Waals surface area (Å²) in [6.45, 7) is 10.9. The smallest absolute Gasteiger partial charge is 0.0452 e. The summed E-state index contributed by atoms with van der Waals surface area (Å²) in [6.07, 6.45) is 3.94. The molecule has 0 amide bonds. The Bertz CT molecular complexity index is 930. The molecular weight excluding hydrogens is 340 g/mol. The number of benzene rings is 3. The van der Waals surface area contributed by atoms with Crippen LogP contribution in [-0.2, 0) is 0 Å². The lowest BCUT2D eigenvalue weighted by molar-refractivity contribution is 0.950. The van der Waals surface area contributed by atoms with Gasteiger partial charge in [0.2, 0.25) is 0 Å². The number of rotatable bonds is 8. The molecule has 2 heteroatoms. The molecule has 0 saturated carbocycles. The van der Waals surface area contributed by atoms with Gasteiger partial charge in [0.1, 0.15) is 0 Å². The Morgan fingerprint density at radius 2 is 1.46 bits per heavy atom. The van der Waals surface area contributed by atoms with Crippen molar-refractivity contribution in [2.45, 2.75) is 12.8 Å². The molecule has 0 aliphatic carbocycles. The summed E-state index contributed by atoms with van der Waals surface area (Å²) >= 11 is 0. The second kappa shape index (κ2) is 9.09. The molecule has 0 N–H and O–H groups in total. The van der Waals surface area contributed by atoms with Crippen LogP contribution in [0.5, 0.6) is 0 Å². The van der Waals surface area contributed by atoms with E-state index in [0.717, 1.165) is 23.6 Å². The van der Waals surface area contributed by atoms with E-state index in [9.17, 15) is 0 Å². The van der Waals surface area contributed by atoms with E-state index < -0.39 is 0 Å². The molecule has 1 unspecified atom stereocenters. The van der Waals surface area contributed by atoms with E-state index in [1.165, 1.54) is 11.3 Å². The fourth-order valence-electron chi connectivity index (χ4n) is 3.39. The number of allylic oxidation sites excluding steroid dienone is 1. The molecule has 3 aromatic rings. The fourth-order valence-corrected chi connectivity index (χ4v) is 3.39. The summed E-state index contributed by atoms with van der Waals surface area (Å²) in [5.41, 5.74) is 5.90. The van der Waals surface area contributed by atoms with Crippen molar-refractivity contribution in [1.29, 1.82) is 0 Å². The first-order chi connectivity index (χ1) is 13.7. The van der Waals surface area contributed by atoms with Crippen LogP contribution in [0.25, 0.3) is 0 Å². The Balaban J connectivity index is 2.03. The van der Waals surface area contributed by atoms with E-state index in [0.29, 0.717) is 0 Å². The van der Waals surface area contributed by atoms with Crippen molar-refractivity contribution in [2.75, 3.05) is 23.4 Å². The minimum Gasteiger partial charge on any atom is -0.345 e. The van der Waals surface area contributed by atoms with Crippen LogP contribution in [0, 0.1) is 0 Å². The van der Waals surface area contributed by atoms with Crippen molar-refractivity contribution in [1.82, 2.24) is 0 Å². The average Bonchev–Trinajstić information content (AvgIpc) is 2.77. The van der Waals surface area contributed by atoms with Crippen LogP contribution in [0.2, 0.25) is 0 Å².